The summed E-state index contributed by atoms with van der Waals surface area (Å²) in [5.74, 6) is -0.241. The molecule has 0 bridgehead atoms. The highest BCUT2D eigenvalue weighted by atomic mass is 16.5. The fourth-order valence-electron chi connectivity index (χ4n) is 2.34. The third kappa shape index (κ3) is 5.16. The first-order chi connectivity index (χ1) is 9.79. The number of hydrogen-bond acceptors (Lipinski definition) is 3. The average Bonchev–Trinajstić information content (AvgIpc) is 2.45. The fourth-order valence-corrected chi connectivity index (χ4v) is 2.34. The van der Waals surface area contributed by atoms with E-state index in [-0.39, 0.29) is 17.4 Å². The maximum absolute atomic E-state index is 12.1. The largest absolute Gasteiger partial charge is 0.460 e. The van der Waals surface area contributed by atoms with Crippen LogP contribution in [-0.2, 0) is 10.2 Å². The molecule has 0 heterocycles. The molecule has 0 saturated heterocycles. The van der Waals surface area contributed by atoms with Gasteiger partial charge in [0.15, 0.2) is 0 Å². The zero-order chi connectivity index (χ0) is 16.0. The number of rotatable bonds is 6. The number of esters is 1. The predicted molar refractivity (Wildman–Crippen MR) is 87.8 cm³/mol. The SMILES string of the molecule is CCN(CC)C(C)COC(=O)c1ccc(C(C)(C)C)cc1. The predicted octanol–water partition coefficient (Wildman–Crippen LogP) is 3.87. The molecule has 0 aliphatic heterocycles. The lowest BCUT2D eigenvalue weighted by Crippen LogP contribution is -2.36. The van der Waals surface area contributed by atoms with E-state index >= 15 is 0 Å². The van der Waals surface area contributed by atoms with Crippen molar-refractivity contribution < 1.29 is 9.53 Å². The van der Waals surface area contributed by atoms with Gasteiger partial charge in [-0.15, -0.1) is 0 Å². The van der Waals surface area contributed by atoms with E-state index in [0.29, 0.717) is 12.2 Å². The van der Waals surface area contributed by atoms with Crippen molar-refractivity contribution in [1.82, 2.24) is 4.90 Å². The van der Waals surface area contributed by atoms with Crippen LogP contribution < -0.4 is 0 Å². The topological polar surface area (TPSA) is 29.5 Å². The van der Waals surface area contributed by atoms with Crippen molar-refractivity contribution in [2.75, 3.05) is 19.7 Å². The number of carbonyl (C=O) groups is 1. The molecule has 0 amide bonds. The molecule has 1 aromatic rings. The highest BCUT2D eigenvalue weighted by molar-refractivity contribution is 5.89. The van der Waals surface area contributed by atoms with Gasteiger partial charge in [-0.05, 0) is 43.1 Å². The van der Waals surface area contributed by atoms with E-state index < -0.39 is 0 Å². The Kier molecular flexibility index (Phi) is 6.41. The maximum Gasteiger partial charge on any atom is 0.338 e. The zero-order valence-corrected chi connectivity index (χ0v) is 14.3. The Bertz CT molecular complexity index is 441. The van der Waals surface area contributed by atoms with Crippen LogP contribution in [0.4, 0.5) is 0 Å². The van der Waals surface area contributed by atoms with Crippen molar-refractivity contribution in [3.8, 4) is 0 Å². The highest BCUT2D eigenvalue weighted by Gasteiger charge is 2.16. The van der Waals surface area contributed by atoms with Gasteiger partial charge >= 0.3 is 5.97 Å². The lowest BCUT2D eigenvalue weighted by atomic mass is 9.87. The summed E-state index contributed by atoms with van der Waals surface area (Å²) in [6, 6.07) is 7.96. The number of likely N-dealkylation sites (N-methyl/N-ethyl adjacent to an activating group) is 1. The van der Waals surface area contributed by atoms with Crippen molar-refractivity contribution in [2.45, 2.75) is 53.0 Å². The van der Waals surface area contributed by atoms with Crippen molar-refractivity contribution in [3.63, 3.8) is 0 Å². The van der Waals surface area contributed by atoms with Gasteiger partial charge in [0.05, 0.1) is 5.56 Å². The summed E-state index contributed by atoms with van der Waals surface area (Å²) in [7, 11) is 0. The minimum Gasteiger partial charge on any atom is -0.460 e. The van der Waals surface area contributed by atoms with Gasteiger partial charge in [-0.25, -0.2) is 4.79 Å². The molecule has 21 heavy (non-hydrogen) atoms. The molecule has 0 saturated carbocycles. The van der Waals surface area contributed by atoms with E-state index in [1.54, 1.807) is 0 Å². The van der Waals surface area contributed by atoms with Crippen LogP contribution >= 0.6 is 0 Å². The fraction of sp³-hybridized carbons (Fsp3) is 0.611. The molecule has 1 unspecified atom stereocenters. The van der Waals surface area contributed by atoms with Gasteiger partial charge in [-0.2, -0.15) is 0 Å². The Morgan fingerprint density at radius 2 is 1.67 bits per heavy atom. The number of ether oxygens (including phenoxy) is 1. The van der Waals surface area contributed by atoms with Crippen LogP contribution in [0.5, 0.6) is 0 Å². The molecule has 1 aromatic carbocycles. The molecule has 0 fully saturated rings. The average molecular weight is 291 g/mol. The summed E-state index contributed by atoms with van der Waals surface area (Å²) >= 11 is 0. The molecule has 0 radical (unpaired) electrons. The molecule has 1 atom stereocenters. The maximum atomic E-state index is 12.1. The molecule has 0 aromatic heterocycles. The summed E-state index contributed by atoms with van der Waals surface area (Å²) < 4.78 is 5.42. The second-order valence-corrected chi connectivity index (χ2v) is 6.50. The van der Waals surface area contributed by atoms with Crippen LogP contribution in [0.2, 0.25) is 0 Å². The second-order valence-electron chi connectivity index (χ2n) is 6.50. The van der Waals surface area contributed by atoms with Gasteiger partial charge in [-0.1, -0.05) is 46.8 Å². The Hall–Kier alpha value is -1.35. The number of hydrogen-bond donors (Lipinski definition) is 0. The zero-order valence-electron chi connectivity index (χ0n) is 14.3. The molecular formula is C18H29NO2. The standard InChI is InChI=1S/C18H29NO2/c1-7-19(8-2)14(3)13-21-17(20)15-9-11-16(12-10-15)18(4,5)6/h9-12,14H,7-8,13H2,1-6H3. The van der Waals surface area contributed by atoms with Gasteiger partial charge in [0, 0.05) is 6.04 Å². The first kappa shape index (κ1) is 17.7. The third-order valence-electron chi connectivity index (χ3n) is 3.88. The Balaban J connectivity index is 2.60. The van der Waals surface area contributed by atoms with Gasteiger partial charge in [0.2, 0.25) is 0 Å². The van der Waals surface area contributed by atoms with Gasteiger partial charge in [-0.3, -0.25) is 4.90 Å². The third-order valence-corrected chi connectivity index (χ3v) is 3.88. The summed E-state index contributed by atoms with van der Waals surface area (Å²) in [6.45, 7) is 15.2. The van der Waals surface area contributed by atoms with Crippen molar-refractivity contribution in [3.05, 3.63) is 35.4 Å². The highest BCUT2D eigenvalue weighted by Crippen LogP contribution is 2.22. The smallest absolute Gasteiger partial charge is 0.338 e. The van der Waals surface area contributed by atoms with E-state index in [4.69, 9.17) is 4.74 Å². The molecule has 3 nitrogen and oxygen atoms in total. The van der Waals surface area contributed by atoms with E-state index in [2.05, 4.69) is 46.4 Å². The molecule has 0 aliphatic rings. The molecule has 3 heteroatoms. The van der Waals surface area contributed by atoms with Crippen molar-refractivity contribution in [1.29, 1.82) is 0 Å². The van der Waals surface area contributed by atoms with Gasteiger partial charge in [0.1, 0.15) is 6.61 Å². The Morgan fingerprint density at radius 3 is 2.10 bits per heavy atom. The molecule has 0 spiro atoms. The van der Waals surface area contributed by atoms with Crippen LogP contribution in [-0.4, -0.2) is 36.6 Å². The quantitative estimate of drug-likeness (QED) is 0.745. The Labute approximate surface area is 129 Å². The second kappa shape index (κ2) is 7.60. The first-order valence-corrected chi connectivity index (χ1v) is 7.81. The summed E-state index contributed by atoms with van der Waals surface area (Å²) in [5, 5.41) is 0. The molecule has 1 rings (SSSR count). The molecule has 0 N–H and O–H groups in total. The van der Waals surface area contributed by atoms with Gasteiger partial charge in [0.25, 0.3) is 0 Å². The molecular weight excluding hydrogens is 262 g/mol. The molecule has 118 valence electrons. The lowest BCUT2D eigenvalue weighted by Gasteiger charge is -2.25. The number of carbonyl (C=O) groups excluding carboxylic acids is 1. The normalized spacial score (nSPS) is 13.3. The molecule has 0 aliphatic carbocycles. The monoisotopic (exact) mass is 291 g/mol. The minimum absolute atomic E-state index is 0.0969. The van der Waals surface area contributed by atoms with E-state index in [9.17, 15) is 4.79 Å². The van der Waals surface area contributed by atoms with Crippen molar-refractivity contribution >= 4 is 5.97 Å². The van der Waals surface area contributed by atoms with Gasteiger partial charge < -0.3 is 4.74 Å². The van der Waals surface area contributed by atoms with Crippen LogP contribution in [0.1, 0.15) is 57.5 Å². The first-order valence-electron chi connectivity index (χ1n) is 7.81. The van der Waals surface area contributed by atoms with Crippen LogP contribution in [0, 0.1) is 0 Å². The Morgan fingerprint density at radius 1 is 1.14 bits per heavy atom. The summed E-state index contributed by atoms with van der Waals surface area (Å²) in [5.41, 5.74) is 1.94. The lowest BCUT2D eigenvalue weighted by molar-refractivity contribution is 0.0381. The minimum atomic E-state index is -0.241. The summed E-state index contributed by atoms with van der Waals surface area (Å²) in [6.07, 6.45) is 0. The van der Waals surface area contributed by atoms with Crippen molar-refractivity contribution in [2.24, 2.45) is 0 Å². The summed E-state index contributed by atoms with van der Waals surface area (Å²) in [4.78, 5) is 14.3. The van der Waals surface area contributed by atoms with E-state index in [0.717, 1.165) is 13.1 Å². The van der Waals surface area contributed by atoms with Crippen LogP contribution in [0.3, 0.4) is 0 Å². The van der Waals surface area contributed by atoms with Crippen LogP contribution in [0.15, 0.2) is 24.3 Å². The number of nitrogens with zero attached hydrogens (tertiary/aromatic N) is 1. The van der Waals surface area contributed by atoms with E-state index in [1.807, 2.05) is 24.3 Å². The van der Waals surface area contributed by atoms with Crippen LogP contribution in [0.25, 0.3) is 0 Å². The number of benzene rings is 1. The van der Waals surface area contributed by atoms with E-state index in [1.165, 1.54) is 5.56 Å².